The number of amides is 1. The van der Waals surface area contributed by atoms with E-state index in [1.54, 1.807) is 0 Å². The Balaban J connectivity index is 1.86. The maximum atomic E-state index is 11.2. The zero-order chi connectivity index (χ0) is 11.4. The van der Waals surface area contributed by atoms with Gasteiger partial charge in [-0.2, -0.15) is 0 Å². The van der Waals surface area contributed by atoms with Gasteiger partial charge in [-0.05, 0) is 17.7 Å². The molecule has 2 atom stereocenters. The van der Waals surface area contributed by atoms with Gasteiger partial charge in [0.1, 0.15) is 0 Å². The molecule has 1 aromatic rings. The lowest BCUT2D eigenvalue weighted by Gasteiger charge is -2.21. The first-order valence-corrected chi connectivity index (χ1v) is 5.40. The van der Waals surface area contributed by atoms with Crippen LogP contribution in [0.2, 0.25) is 0 Å². The van der Waals surface area contributed by atoms with Gasteiger partial charge in [-0.25, -0.2) is 4.79 Å². The fourth-order valence-electron chi connectivity index (χ4n) is 2.41. The van der Waals surface area contributed by atoms with E-state index in [1.165, 1.54) is 0 Å². The van der Waals surface area contributed by atoms with E-state index in [9.17, 15) is 4.79 Å². The van der Waals surface area contributed by atoms with Crippen LogP contribution in [0.5, 0.6) is 11.5 Å². The van der Waals surface area contributed by atoms with E-state index in [-0.39, 0.29) is 25.0 Å². The third kappa shape index (κ3) is 1.16. The highest BCUT2D eigenvalue weighted by atomic mass is 16.7. The summed E-state index contributed by atoms with van der Waals surface area (Å²) in [6.07, 6.45) is 3.25. The van der Waals surface area contributed by atoms with E-state index in [0.717, 1.165) is 16.9 Å². The molecule has 5 heteroatoms. The van der Waals surface area contributed by atoms with Gasteiger partial charge in [0.25, 0.3) is 0 Å². The van der Waals surface area contributed by atoms with Crippen molar-refractivity contribution in [3.05, 3.63) is 29.3 Å². The van der Waals surface area contributed by atoms with Crippen LogP contribution in [0.15, 0.2) is 18.2 Å². The Morgan fingerprint density at radius 2 is 2.06 bits per heavy atom. The molecule has 1 fully saturated rings. The zero-order valence-electron chi connectivity index (χ0n) is 8.80. The average Bonchev–Trinajstić information content (AvgIpc) is 2.90. The number of alkyl carbamates (subject to hydrolysis) is 1. The average molecular weight is 231 g/mol. The molecule has 0 spiro atoms. The molecule has 1 N–H and O–H groups in total. The molecule has 86 valence electrons. The summed E-state index contributed by atoms with van der Waals surface area (Å²) in [4.78, 5) is 11.2. The predicted molar refractivity (Wildman–Crippen MR) is 57.7 cm³/mol. The van der Waals surface area contributed by atoms with Gasteiger partial charge in [0.2, 0.25) is 6.79 Å². The molecule has 5 nitrogen and oxygen atoms in total. The number of hydrogen-bond donors (Lipinski definition) is 1. The second-order valence-electron chi connectivity index (χ2n) is 4.19. The molecular weight excluding hydrogens is 222 g/mol. The minimum absolute atomic E-state index is 0.0876. The Hall–Kier alpha value is -2.17. The first-order chi connectivity index (χ1) is 8.31. The second kappa shape index (κ2) is 2.94. The molecular formula is C12H9NO4. The van der Waals surface area contributed by atoms with Crippen LogP contribution in [0.3, 0.4) is 0 Å². The van der Waals surface area contributed by atoms with Gasteiger partial charge < -0.3 is 19.5 Å². The summed E-state index contributed by atoms with van der Waals surface area (Å²) in [5.41, 5.74) is 1.96. The summed E-state index contributed by atoms with van der Waals surface area (Å²) in [7, 11) is 0. The largest absolute Gasteiger partial charge is 0.454 e. The van der Waals surface area contributed by atoms with Crippen molar-refractivity contribution in [3.63, 3.8) is 0 Å². The Kier molecular flexibility index (Phi) is 1.54. The lowest BCUT2D eigenvalue weighted by atomic mass is 9.91. The lowest BCUT2D eigenvalue weighted by Crippen LogP contribution is -2.27. The Bertz CT molecular complexity index is 552. The SMILES string of the molecule is O=C1N[C@@H]2C=Cc3cc4c(cc3[C@H]2O1)OCO4. The van der Waals surface area contributed by atoms with Gasteiger partial charge in [0, 0.05) is 5.56 Å². The minimum Gasteiger partial charge on any atom is -0.454 e. The van der Waals surface area contributed by atoms with Crippen LogP contribution in [0.25, 0.3) is 6.08 Å². The topological polar surface area (TPSA) is 56.8 Å². The molecule has 1 saturated heterocycles. The van der Waals surface area contributed by atoms with E-state index in [4.69, 9.17) is 14.2 Å². The van der Waals surface area contributed by atoms with Crippen molar-refractivity contribution in [2.24, 2.45) is 0 Å². The van der Waals surface area contributed by atoms with Crippen molar-refractivity contribution in [1.82, 2.24) is 5.32 Å². The maximum Gasteiger partial charge on any atom is 0.408 e. The third-order valence-electron chi connectivity index (χ3n) is 3.21. The molecule has 2 aliphatic heterocycles. The standard InChI is InChI=1S/C12H9NO4/c14-12-13-8-2-1-6-3-9-10(16-5-15-9)4-7(6)11(8)17-12/h1-4,8,11H,5H2,(H,13,14)/t8-,11-/m1/s1. The zero-order valence-corrected chi connectivity index (χ0v) is 8.80. The van der Waals surface area contributed by atoms with Gasteiger partial charge in [0.05, 0.1) is 6.04 Å². The number of fused-ring (bicyclic) bond motifs is 4. The molecule has 0 radical (unpaired) electrons. The van der Waals surface area contributed by atoms with Gasteiger partial charge in [-0.3, -0.25) is 0 Å². The lowest BCUT2D eigenvalue weighted by molar-refractivity contribution is 0.135. The quantitative estimate of drug-likeness (QED) is 0.736. The number of carbonyl (C=O) groups excluding carboxylic acids is 1. The van der Waals surface area contributed by atoms with Crippen LogP contribution in [0, 0.1) is 0 Å². The van der Waals surface area contributed by atoms with Crippen LogP contribution in [0.1, 0.15) is 17.2 Å². The molecule has 1 amide bonds. The number of hydrogen-bond acceptors (Lipinski definition) is 4. The first-order valence-electron chi connectivity index (χ1n) is 5.40. The van der Waals surface area contributed by atoms with Crippen molar-refractivity contribution in [2.75, 3.05) is 6.79 Å². The molecule has 0 unspecified atom stereocenters. The van der Waals surface area contributed by atoms with Gasteiger partial charge in [0.15, 0.2) is 17.6 Å². The molecule has 3 aliphatic rings. The van der Waals surface area contributed by atoms with E-state index in [1.807, 2.05) is 24.3 Å². The number of carbonyl (C=O) groups is 1. The summed E-state index contributed by atoms with van der Waals surface area (Å²) in [5, 5.41) is 2.74. The number of nitrogens with one attached hydrogen (secondary N) is 1. The first kappa shape index (κ1) is 8.92. The number of rotatable bonds is 0. The van der Waals surface area contributed by atoms with Crippen molar-refractivity contribution in [1.29, 1.82) is 0 Å². The van der Waals surface area contributed by atoms with Crippen LogP contribution >= 0.6 is 0 Å². The van der Waals surface area contributed by atoms with Crippen molar-refractivity contribution in [3.8, 4) is 11.5 Å². The highest BCUT2D eigenvalue weighted by Crippen LogP contribution is 2.42. The van der Waals surface area contributed by atoms with Gasteiger partial charge in [-0.15, -0.1) is 0 Å². The third-order valence-corrected chi connectivity index (χ3v) is 3.21. The molecule has 1 aromatic carbocycles. The molecule has 17 heavy (non-hydrogen) atoms. The highest BCUT2D eigenvalue weighted by Gasteiger charge is 2.37. The molecule has 1 aliphatic carbocycles. The molecule has 0 bridgehead atoms. The minimum atomic E-state index is -0.379. The molecule has 4 rings (SSSR count). The predicted octanol–water partition coefficient (Wildman–Crippen LogP) is 1.59. The maximum absolute atomic E-state index is 11.2. The smallest absolute Gasteiger partial charge is 0.408 e. The summed E-state index contributed by atoms with van der Waals surface area (Å²) in [6.45, 7) is 0.244. The van der Waals surface area contributed by atoms with E-state index in [0.29, 0.717) is 5.75 Å². The van der Waals surface area contributed by atoms with E-state index in [2.05, 4.69) is 5.32 Å². The monoisotopic (exact) mass is 231 g/mol. The van der Waals surface area contributed by atoms with Crippen LogP contribution in [-0.4, -0.2) is 18.9 Å². The number of ether oxygens (including phenoxy) is 3. The molecule has 0 saturated carbocycles. The Labute approximate surface area is 97.0 Å². The summed E-state index contributed by atoms with van der Waals surface area (Å²) in [6, 6.07) is 3.71. The highest BCUT2D eigenvalue weighted by molar-refractivity contribution is 5.75. The van der Waals surface area contributed by atoms with Crippen molar-refractivity contribution < 1.29 is 19.0 Å². The fourth-order valence-corrected chi connectivity index (χ4v) is 2.41. The Morgan fingerprint density at radius 3 is 2.94 bits per heavy atom. The summed E-state index contributed by atoms with van der Waals surface area (Å²) in [5.74, 6) is 1.45. The fraction of sp³-hybridized carbons (Fsp3) is 0.250. The van der Waals surface area contributed by atoms with Crippen molar-refractivity contribution in [2.45, 2.75) is 12.1 Å². The van der Waals surface area contributed by atoms with Crippen LogP contribution in [0.4, 0.5) is 4.79 Å². The van der Waals surface area contributed by atoms with Gasteiger partial charge in [-0.1, -0.05) is 12.2 Å². The van der Waals surface area contributed by atoms with Crippen LogP contribution < -0.4 is 14.8 Å². The molecule has 0 aromatic heterocycles. The second-order valence-corrected chi connectivity index (χ2v) is 4.19. The Morgan fingerprint density at radius 1 is 1.24 bits per heavy atom. The summed E-state index contributed by atoms with van der Waals surface area (Å²) < 4.78 is 15.9. The normalized spacial score (nSPS) is 27.2. The molecule has 2 heterocycles. The van der Waals surface area contributed by atoms with Gasteiger partial charge >= 0.3 is 6.09 Å². The summed E-state index contributed by atoms with van der Waals surface area (Å²) >= 11 is 0. The van der Waals surface area contributed by atoms with Crippen LogP contribution in [-0.2, 0) is 4.74 Å². The number of benzene rings is 1. The van der Waals surface area contributed by atoms with E-state index >= 15 is 0 Å². The van der Waals surface area contributed by atoms with Crippen molar-refractivity contribution >= 4 is 12.2 Å². The van der Waals surface area contributed by atoms with E-state index < -0.39 is 0 Å².